The predicted octanol–water partition coefficient (Wildman–Crippen LogP) is 3.80. The first-order valence-corrected chi connectivity index (χ1v) is 8.14. The lowest BCUT2D eigenvalue weighted by molar-refractivity contribution is -0.155. The van der Waals surface area contributed by atoms with E-state index in [1.165, 1.54) is 12.1 Å². The number of esters is 1. The third kappa shape index (κ3) is 5.47. The number of nitrogens with one attached hydrogen (secondary N) is 1. The summed E-state index contributed by atoms with van der Waals surface area (Å²) in [6.45, 7) is 5.31. The Balaban J connectivity index is 2.04. The van der Waals surface area contributed by atoms with E-state index in [0.29, 0.717) is 12.0 Å². The Labute approximate surface area is 144 Å². The molecule has 25 heavy (non-hydrogen) atoms. The van der Waals surface area contributed by atoms with E-state index >= 15 is 0 Å². The number of hydrogen-bond acceptors (Lipinski definition) is 3. The van der Waals surface area contributed by atoms with Gasteiger partial charge in [-0.3, -0.25) is 9.59 Å². The Hall–Kier alpha value is -2.05. The van der Waals surface area contributed by atoms with Gasteiger partial charge in [0.2, 0.25) is 5.91 Å². The van der Waals surface area contributed by atoms with Gasteiger partial charge in [0.25, 0.3) is 0 Å². The second-order valence-electron chi connectivity index (χ2n) is 7.23. The molecule has 2 atom stereocenters. The van der Waals surface area contributed by atoms with Gasteiger partial charge in [0, 0.05) is 24.8 Å². The van der Waals surface area contributed by atoms with Gasteiger partial charge in [-0.2, -0.15) is 13.2 Å². The molecule has 2 unspecified atom stereocenters. The molecule has 4 nitrogen and oxygen atoms in total. The molecule has 1 fully saturated rings. The fraction of sp³-hybridized carbons (Fsp3) is 0.556. The molecule has 1 saturated heterocycles. The van der Waals surface area contributed by atoms with Gasteiger partial charge in [-0.05, 0) is 44.9 Å². The van der Waals surface area contributed by atoms with E-state index in [-0.39, 0.29) is 36.7 Å². The van der Waals surface area contributed by atoms with E-state index in [1.54, 1.807) is 20.8 Å². The molecule has 0 aliphatic carbocycles. The molecular formula is C18H22F3NO3. The van der Waals surface area contributed by atoms with Crippen molar-refractivity contribution in [3.8, 4) is 0 Å². The molecule has 1 aliphatic rings. The molecule has 1 N–H and O–H groups in total. The van der Waals surface area contributed by atoms with E-state index in [4.69, 9.17) is 4.74 Å². The summed E-state index contributed by atoms with van der Waals surface area (Å²) in [6.07, 6.45) is -3.67. The summed E-state index contributed by atoms with van der Waals surface area (Å²) in [7, 11) is 0. The average Bonchev–Trinajstić information content (AvgIpc) is 2.84. The first-order valence-electron chi connectivity index (χ1n) is 8.14. The number of ether oxygens (including phenoxy) is 1. The number of alkyl halides is 3. The Morgan fingerprint density at radius 2 is 1.80 bits per heavy atom. The summed E-state index contributed by atoms with van der Waals surface area (Å²) < 4.78 is 43.2. The summed E-state index contributed by atoms with van der Waals surface area (Å²) in [5, 5.41) is 2.80. The van der Waals surface area contributed by atoms with Crippen LogP contribution in [0.4, 0.5) is 13.2 Å². The van der Waals surface area contributed by atoms with Gasteiger partial charge in [0.15, 0.2) is 0 Å². The number of carbonyl (C=O) groups excluding carboxylic acids is 2. The minimum atomic E-state index is -4.39. The number of hydrogen-bond donors (Lipinski definition) is 1. The fourth-order valence-electron chi connectivity index (χ4n) is 2.92. The van der Waals surface area contributed by atoms with Crippen molar-refractivity contribution in [2.24, 2.45) is 0 Å². The van der Waals surface area contributed by atoms with Gasteiger partial charge >= 0.3 is 12.1 Å². The average molecular weight is 357 g/mol. The van der Waals surface area contributed by atoms with Crippen molar-refractivity contribution in [2.75, 3.05) is 0 Å². The van der Waals surface area contributed by atoms with E-state index in [2.05, 4.69) is 5.32 Å². The normalized spacial score (nSPS) is 21.1. The lowest BCUT2D eigenvalue weighted by Crippen LogP contribution is -2.30. The van der Waals surface area contributed by atoms with Gasteiger partial charge < -0.3 is 10.1 Å². The number of carbonyl (C=O) groups is 2. The third-order valence-corrected chi connectivity index (χ3v) is 3.98. The zero-order chi connectivity index (χ0) is 18.8. The highest BCUT2D eigenvalue weighted by Gasteiger charge is 2.35. The van der Waals surface area contributed by atoms with Crippen molar-refractivity contribution in [1.29, 1.82) is 0 Å². The highest BCUT2D eigenvalue weighted by Crippen LogP contribution is 2.34. The zero-order valence-electron chi connectivity index (χ0n) is 14.4. The molecule has 1 heterocycles. The van der Waals surface area contributed by atoms with Crippen LogP contribution in [0, 0.1) is 0 Å². The molecule has 0 bridgehead atoms. The molecule has 2 rings (SSSR count). The third-order valence-electron chi connectivity index (χ3n) is 3.98. The van der Waals surface area contributed by atoms with Crippen LogP contribution in [0.1, 0.15) is 57.1 Å². The van der Waals surface area contributed by atoms with Crippen LogP contribution >= 0.6 is 0 Å². The molecular weight excluding hydrogens is 335 g/mol. The maximum absolute atomic E-state index is 12.7. The fourth-order valence-corrected chi connectivity index (χ4v) is 2.92. The van der Waals surface area contributed by atoms with Crippen LogP contribution in [0.15, 0.2) is 24.3 Å². The lowest BCUT2D eigenvalue weighted by atomic mass is 9.89. The van der Waals surface area contributed by atoms with Gasteiger partial charge in [-0.25, -0.2) is 0 Å². The Morgan fingerprint density at radius 1 is 1.20 bits per heavy atom. The number of amides is 1. The topological polar surface area (TPSA) is 55.4 Å². The molecule has 0 spiro atoms. The summed E-state index contributed by atoms with van der Waals surface area (Å²) in [6, 6.07) is 4.53. The van der Waals surface area contributed by atoms with Crippen LogP contribution in [-0.4, -0.2) is 23.5 Å². The van der Waals surface area contributed by atoms with Crippen LogP contribution in [0.25, 0.3) is 0 Å². The predicted molar refractivity (Wildman–Crippen MR) is 85.8 cm³/mol. The van der Waals surface area contributed by atoms with Crippen LogP contribution in [0.3, 0.4) is 0 Å². The SMILES string of the molecule is CC(C)(C)OC(=O)CCC1NC(=O)CC1c1ccc(C(F)(F)F)cc1. The van der Waals surface area contributed by atoms with Gasteiger partial charge in [-0.1, -0.05) is 12.1 Å². The van der Waals surface area contributed by atoms with Crippen molar-refractivity contribution >= 4 is 11.9 Å². The van der Waals surface area contributed by atoms with Crippen molar-refractivity contribution < 1.29 is 27.5 Å². The van der Waals surface area contributed by atoms with Crippen LogP contribution in [0.5, 0.6) is 0 Å². The molecule has 0 saturated carbocycles. The van der Waals surface area contributed by atoms with Crippen molar-refractivity contribution in [2.45, 2.75) is 63.8 Å². The van der Waals surface area contributed by atoms with E-state index in [1.807, 2.05) is 0 Å². The minimum absolute atomic E-state index is 0.138. The summed E-state index contributed by atoms with van der Waals surface area (Å²) in [4.78, 5) is 23.6. The summed E-state index contributed by atoms with van der Waals surface area (Å²) in [5.41, 5.74) is -0.651. The highest BCUT2D eigenvalue weighted by atomic mass is 19.4. The molecule has 0 radical (unpaired) electrons. The van der Waals surface area contributed by atoms with Gasteiger partial charge in [0.05, 0.1) is 5.56 Å². The maximum Gasteiger partial charge on any atom is 0.416 e. The van der Waals surface area contributed by atoms with E-state index < -0.39 is 17.3 Å². The van der Waals surface area contributed by atoms with Crippen molar-refractivity contribution in [3.63, 3.8) is 0 Å². The van der Waals surface area contributed by atoms with Gasteiger partial charge in [0.1, 0.15) is 5.60 Å². The molecule has 0 aromatic heterocycles. The van der Waals surface area contributed by atoms with E-state index in [0.717, 1.165) is 12.1 Å². The van der Waals surface area contributed by atoms with Crippen LogP contribution in [0.2, 0.25) is 0 Å². The zero-order valence-corrected chi connectivity index (χ0v) is 14.4. The first kappa shape index (κ1) is 19.3. The molecule has 7 heteroatoms. The molecule has 1 aliphatic heterocycles. The second kappa shape index (κ2) is 7.06. The quantitative estimate of drug-likeness (QED) is 0.834. The Bertz CT molecular complexity index is 632. The number of benzene rings is 1. The molecule has 1 amide bonds. The number of rotatable bonds is 4. The smallest absolute Gasteiger partial charge is 0.416 e. The highest BCUT2D eigenvalue weighted by molar-refractivity contribution is 5.80. The van der Waals surface area contributed by atoms with Crippen LogP contribution < -0.4 is 5.32 Å². The molecule has 1 aromatic rings. The van der Waals surface area contributed by atoms with E-state index in [9.17, 15) is 22.8 Å². The first-order chi connectivity index (χ1) is 11.5. The molecule has 138 valence electrons. The summed E-state index contributed by atoms with van der Waals surface area (Å²) >= 11 is 0. The van der Waals surface area contributed by atoms with Gasteiger partial charge in [-0.15, -0.1) is 0 Å². The second-order valence-corrected chi connectivity index (χ2v) is 7.23. The van der Waals surface area contributed by atoms with Crippen molar-refractivity contribution in [3.05, 3.63) is 35.4 Å². The lowest BCUT2D eigenvalue weighted by Gasteiger charge is -2.22. The molecule has 1 aromatic carbocycles. The minimum Gasteiger partial charge on any atom is -0.460 e. The maximum atomic E-state index is 12.7. The standard InChI is InChI=1S/C18H22F3NO3/c1-17(2,3)25-16(24)9-8-14-13(10-15(23)22-14)11-4-6-12(7-5-11)18(19,20)21/h4-7,13-14H,8-10H2,1-3H3,(H,22,23). The largest absolute Gasteiger partial charge is 0.460 e. The summed E-state index contributed by atoms with van der Waals surface area (Å²) in [5.74, 6) is -0.781. The van der Waals surface area contributed by atoms with Crippen LogP contribution in [-0.2, 0) is 20.5 Å². The van der Waals surface area contributed by atoms with Crippen molar-refractivity contribution in [1.82, 2.24) is 5.32 Å². The Kier molecular flexibility index (Phi) is 5.44. The number of halogens is 3. The monoisotopic (exact) mass is 357 g/mol. The Morgan fingerprint density at radius 3 is 2.32 bits per heavy atom.